The van der Waals surface area contributed by atoms with Gasteiger partial charge in [0, 0.05) is 5.54 Å². The van der Waals surface area contributed by atoms with E-state index in [9.17, 15) is 39.6 Å². The Balaban J connectivity index is 1.86. The van der Waals surface area contributed by atoms with Crippen molar-refractivity contribution < 1.29 is 39.6 Å². The molecule has 162 valence electrons. The lowest BCUT2D eigenvalue weighted by Gasteiger charge is -2.70. The van der Waals surface area contributed by atoms with Crippen molar-refractivity contribution in [1.82, 2.24) is 5.32 Å². The molecule has 3 fully saturated rings. The average molecular weight is 444 g/mol. The van der Waals surface area contributed by atoms with Crippen LogP contribution in [0.5, 0.6) is 0 Å². The summed E-state index contributed by atoms with van der Waals surface area (Å²) in [6, 6.07) is 1.91. The highest BCUT2D eigenvalue weighted by Gasteiger charge is 2.79. The van der Waals surface area contributed by atoms with Crippen LogP contribution in [-0.2, 0) is 16.2 Å². The number of amides is 1. The molecule has 2 N–H and O–H groups in total. The van der Waals surface area contributed by atoms with Crippen LogP contribution >= 0.6 is 0 Å². The van der Waals surface area contributed by atoms with Crippen LogP contribution in [0.15, 0.2) is 18.2 Å². The van der Waals surface area contributed by atoms with Crippen LogP contribution in [0.25, 0.3) is 0 Å². The molecular formula is C17H18F6N2O3S. The molecule has 1 aromatic carbocycles. The Bertz CT molecular complexity index is 933. The third-order valence-electron chi connectivity index (χ3n) is 5.47. The van der Waals surface area contributed by atoms with E-state index in [4.69, 9.17) is 0 Å². The van der Waals surface area contributed by atoms with Gasteiger partial charge in [0.05, 0.1) is 27.5 Å². The molecule has 0 heterocycles. The van der Waals surface area contributed by atoms with Gasteiger partial charge in [-0.3, -0.25) is 9.52 Å². The number of anilines is 1. The van der Waals surface area contributed by atoms with Crippen molar-refractivity contribution in [2.75, 3.05) is 4.72 Å². The summed E-state index contributed by atoms with van der Waals surface area (Å²) in [6.07, 6.45) is -10.1. The van der Waals surface area contributed by atoms with Gasteiger partial charge in [0.25, 0.3) is 5.91 Å². The van der Waals surface area contributed by atoms with E-state index >= 15 is 0 Å². The van der Waals surface area contributed by atoms with Gasteiger partial charge in [-0.1, -0.05) is 0 Å². The number of hydrogen-bond acceptors (Lipinski definition) is 3. The fraction of sp³-hybridized carbons (Fsp3) is 0.588. The summed E-state index contributed by atoms with van der Waals surface area (Å²) in [5.41, 5.74) is -5.03. The zero-order valence-corrected chi connectivity index (χ0v) is 16.1. The highest BCUT2D eigenvalue weighted by Crippen LogP contribution is 2.73. The largest absolute Gasteiger partial charge is 0.416 e. The number of benzene rings is 1. The Morgan fingerprint density at radius 1 is 1.07 bits per heavy atom. The molecule has 1 aromatic rings. The van der Waals surface area contributed by atoms with Crippen molar-refractivity contribution in [3.63, 3.8) is 0 Å². The average Bonchev–Trinajstić information content (AvgIpc) is 2.46. The van der Waals surface area contributed by atoms with Crippen molar-refractivity contribution in [2.24, 2.45) is 5.41 Å². The zero-order chi connectivity index (χ0) is 22.0. The van der Waals surface area contributed by atoms with Crippen LogP contribution in [0.2, 0.25) is 0 Å². The number of carbonyl (C=O) groups excluding carboxylic acids is 1. The molecule has 0 aliphatic heterocycles. The quantitative estimate of drug-likeness (QED) is 0.673. The van der Waals surface area contributed by atoms with Gasteiger partial charge in [-0.05, 0) is 51.3 Å². The molecule has 29 heavy (non-hydrogen) atoms. The summed E-state index contributed by atoms with van der Waals surface area (Å²) in [4.78, 5) is 12.6. The maximum atomic E-state index is 13.0. The molecule has 0 spiro atoms. The minimum absolute atomic E-state index is 0.303. The summed E-state index contributed by atoms with van der Waals surface area (Å²) in [6.45, 7) is 2.60. The van der Waals surface area contributed by atoms with E-state index in [0.717, 1.165) is 6.07 Å². The lowest BCUT2D eigenvalue weighted by Crippen LogP contribution is -2.78. The molecule has 1 amide bonds. The second-order valence-corrected chi connectivity index (χ2v) is 10.2. The van der Waals surface area contributed by atoms with E-state index in [1.165, 1.54) is 13.8 Å². The van der Waals surface area contributed by atoms with Crippen LogP contribution in [0.3, 0.4) is 0 Å². The Kier molecular flexibility index (Phi) is 4.69. The molecule has 3 aliphatic rings. The number of sulfonamides is 1. The minimum atomic E-state index is -4.78. The summed E-state index contributed by atoms with van der Waals surface area (Å²) in [5, 5.41) is 1.44. The fourth-order valence-electron chi connectivity index (χ4n) is 3.80. The highest BCUT2D eigenvalue weighted by atomic mass is 32.2. The second kappa shape index (κ2) is 6.26. The van der Waals surface area contributed by atoms with Gasteiger partial charge < -0.3 is 5.32 Å². The molecule has 0 radical (unpaired) electrons. The van der Waals surface area contributed by atoms with Crippen LogP contribution in [0, 0.1) is 5.41 Å². The number of alkyl halides is 6. The lowest BCUT2D eigenvalue weighted by molar-refractivity contribution is -0.336. The van der Waals surface area contributed by atoms with Gasteiger partial charge in [-0.15, -0.1) is 0 Å². The molecule has 12 heteroatoms. The topological polar surface area (TPSA) is 75.3 Å². The Morgan fingerprint density at radius 2 is 1.62 bits per heavy atom. The first-order valence-electron chi connectivity index (χ1n) is 8.63. The number of carbonyl (C=O) groups is 1. The second-order valence-electron chi connectivity index (χ2n) is 8.00. The van der Waals surface area contributed by atoms with Gasteiger partial charge in [0.1, 0.15) is 0 Å². The summed E-state index contributed by atoms with van der Waals surface area (Å²) in [5.74, 6) is -0.935. The predicted molar refractivity (Wildman–Crippen MR) is 91.7 cm³/mol. The monoisotopic (exact) mass is 444 g/mol. The van der Waals surface area contributed by atoms with E-state index in [1.54, 1.807) is 0 Å². The fourth-order valence-corrected chi connectivity index (χ4v) is 4.51. The first-order valence-corrected chi connectivity index (χ1v) is 10.2. The van der Waals surface area contributed by atoms with Crippen molar-refractivity contribution in [3.8, 4) is 0 Å². The van der Waals surface area contributed by atoms with Crippen molar-refractivity contribution >= 4 is 21.6 Å². The molecule has 0 atom stereocenters. The molecule has 2 bridgehead atoms. The van der Waals surface area contributed by atoms with Crippen LogP contribution < -0.4 is 10.0 Å². The van der Waals surface area contributed by atoms with Crippen molar-refractivity contribution in [3.05, 3.63) is 29.3 Å². The standard InChI is InChI=1S/C17H18F6N2O3S/c1-9(2)29(27,28)25-12-5-10(16(18,19)20)3-4-11(12)13(26)24-15-6-14(7-15,8-15)17(21,22)23/h3-5,9,25H,6-8H2,1-2H3,(H,24,26). The molecule has 0 aromatic heterocycles. The highest BCUT2D eigenvalue weighted by molar-refractivity contribution is 7.93. The molecule has 0 unspecified atom stereocenters. The zero-order valence-electron chi connectivity index (χ0n) is 15.3. The van der Waals surface area contributed by atoms with E-state index in [-0.39, 0.29) is 19.3 Å². The van der Waals surface area contributed by atoms with Crippen molar-refractivity contribution in [1.29, 1.82) is 0 Å². The van der Waals surface area contributed by atoms with Crippen molar-refractivity contribution in [2.45, 2.75) is 56.3 Å². The van der Waals surface area contributed by atoms with Crippen LogP contribution in [-0.4, -0.2) is 31.3 Å². The van der Waals surface area contributed by atoms with Gasteiger partial charge in [0.15, 0.2) is 0 Å². The van der Waals surface area contributed by atoms with Gasteiger partial charge >= 0.3 is 12.4 Å². The Labute approximate surface area is 162 Å². The smallest absolute Gasteiger partial charge is 0.346 e. The molecule has 4 rings (SSSR count). The maximum Gasteiger partial charge on any atom is 0.416 e. The molecule has 5 nitrogen and oxygen atoms in total. The summed E-state index contributed by atoms with van der Waals surface area (Å²) in [7, 11) is -4.07. The maximum absolute atomic E-state index is 13.0. The number of nitrogens with one attached hydrogen (secondary N) is 2. The third kappa shape index (κ3) is 3.66. The molecule has 3 saturated carbocycles. The lowest BCUT2D eigenvalue weighted by atomic mass is 9.39. The summed E-state index contributed by atoms with van der Waals surface area (Å²) < 4.78 is 104. The summed E-state index contributed by atoms with van der Waals surface area (Å²) >= 11 is 0. The minimum Gasteiger partial charge on any atom is -0.346 e. The van der Waals surface area contributed by atoms with E-state index in [2.05, 4.69) is 5.32 Å². The van der Waals surface area contributed by atoms with E-state index in [1.807, 2.05) is 4.72 Å². The molecular weight excluding hydrogens is 426 g/mol. The van der Waals surface area contributed by atoms with Gasteiger partial charge in [-0.25, -0.2) is 8.42 Å². The SMILES string of the molecule is CC(C)S(=O)(=O)Nc1cc(C(F)(F)F)ccc1C(=O)NC12CC(C(F)(F)F)(C1)C2. The van der Waals surface area contributed by atoms with Crippen LogP contribution in [0.4, 0.5) is 32.0 Å². The van der Waals surface area contributed by atoms with E-state index < -0.39 is 61.3 Å². The van der Waals surface area contributed by atoms with Gasteiger partial charge in [0.2, 0.25) is 10.0 Å². The number of hydrogen-bond donors (Lipinski definition) is 2. The first-order chi connectivity index (χ1) is 13.0. The Morgan fingerprint density at radius 3 is 2.07 bits per heavy atom. The molecule has 3 aliphatic carbocycles. The third-order valence-corrected chi connectivity index (χ3v) is 7.22. The van der Waals surface area contributed by atoms with Crippen LogP contribution in [0.1, 0.15) is 49.0 Å². The number of halogens is 6. The Hall–Kier alpha value is -1.98. The number of rotatable bonds is 5. The predicted octanol–water partition coefficient (Wildman–Crippen LogP) is 4.07. The normalized spacial score (nSPS) is 26.5. The van der Waals surface area contributed by atoms with Gasteiger partial charge in [-0.2, -0.15) is 26.3 Å². The first kappa shape index (κ1) is 21.7. The molecule has 0 saturated heterocycles. The van der Waals surface area contributed by atoms with E-state index in [0.29, 0.717) is 12.1 Å².